The molecule has 4 N–H and O–H groups in total. The number of ether oxygens (including phenoxy) is 1. The number of halogens is 3. The molecule has 1 aromatic rings. The van der Waals surface area contributed by atoms with Crippen LogP contribution in [0.4, 0.5) is 14.5 Å². The van der Waals surface area contributed by atoms with Crippen LogP contribution in [0.3, 0.4) is 0 Å². The summed E-state index contributed by atoms with van der Waals surface area (Å²) in [7, 11) is 1.52. The summed E-state index contributed by atoms with van der Waals surface area (Å²) >= 11 is 5.71. The van der Waals surface area contributed by atoms with Crippen LogP contribution in [-0.4, -0.2) is 26.2 Å². The number of hydrogen-bond acceptors (Lipinski definition) is 3. The SMILES string of the molecule is COCCN=C(NN)Nc1c(F)cc(F)cc1Cl. The van der Waals surface area contributed by atoms with Crippen LogP contribution < -0.4 is 16.6 Å². The summed E-state index contributed by atoms with van der Waals surface area (Å²) in [4.78, 5) is 3.96. The first-order valence-electron chi connectivity index (χ1n) is 5.00. The molecule has 0 fully saturated rings. The summed E-state index contributed by atoms with van der Waals surface area (Å²) in [5.41, 5.74) is 2.14. The molecule has 0 unspecified atom stereocenters. The zero-order valence-corrected chi connectivity index (χ0v) is 10.4. The summed E-state index contributed by atoms with van der Waals surface area (Å²) in [6.07, 6.45) is 0. The van der Waals surface area contributed by atoms with Gasteiger partial charge < -0.3 is 10.1 Å². The molecular weight excluding hydrogens is 266 g/mol. The molecule has 0 aliphatic rings. The van der Waals surface area contributed by atoms with Gasteiger partial charge in [-0.2, -0.15) is 0 Å². The van der Waals surface area contributed by atoms with E-state index in [0.29, 0.717) is 19.2 Å². The van der Waals surface area contributed by atoms with E-state index >= 15 is 0 Å². The van der Waals surface area contributed by atoms with Crippen molar-refractivity contribution in [2.24, 2.45) is 10.8 Å². The van der Waals surface area contributed by atoms with Gasteiger partial charge in [0.2, 0.25) is 5.96 Å². The van der Waals surface area contributed by atoms with Gasteiger partial charge in [-0.1, -0.05) is 11.6 Å². The second-order valence-electron chi connectivity index (χ2n) is 3.24. The first-order chi connectivity index (χ1) is 8.58. The number of benzene rings is 1. The van der Waals surface area contributed by atoms with Crippen molar-refractivity contribution in [3.63, 3.8) is 0 Å². The van der Waals surface area contributed by atoms with Crippen molar-refractivity contribution in [2.45, 2.75) is 0 Å². The number of hydrazine groups is 1. The van der Waals surface area contributed by atoms with Crippen LogP contribution in [0.2, 0.25) is 5.02 Å². The molecule has 0 saturated heterocycles. The lowest BCUT2D eigenvalue weighted by molar-refractivity contribution is 0.208. The molecule has 0 amide bonds. The molecule has 0 atom stereocenters. The van der Waals surface area contributed by atoms with Crippen molar-refractivity contribution in [1.82, 2.24) is 5.43 Å². The quantitative estimate of drug-likeness (QED) is 0.257. The van der Waals surface area contributed by atoms with E-state index in [1.54, 1.807) is 0 Å². The van der Waals surface area contributed by atoms with Crippen molar-refractivity contribution >= 4 is 23.2 Å². The van der Waals surface area contributed by atoms with Crippen LogP contribution in [-0.2, 0) is 4.74 Å². The number of methoxy groups -OCH3 is 1. The molecule has 0 spiro atoms. The van der Waals surface area contributed by atoms with Crippen LogP contribution >= 0.6 is 11.6 Å². The van der Waals surface area contributed by atoms with Gasteiger partial charge in [-0.3, -0.25) is 5.43 Å². The van der Waals surface area contributed by atoms with Gasteiger partial charge in [0.05, 0.1) is 23.9 Å². The maximum absolute atomic E-state index is 13.5. The Balaban J connectivity index is 2.85. The second kappa shape index (κ2) is 7.10. The predicted molar refractivity (Wildman–Crippen MR) is 66.5 cm³/mol. The average Bonchev–Trinajstić information content (AvgIpc) is 2.31. The van der Waals surface area contributed by atoms with E-state index in [-0.39, 0.29) is 16.7 Å². The number of nitrogens with two attached hydrogens (primary N) is 1. The minimum absolute atomic E-state index is 0.0967. The lowest BCUT2D eigenvalue weighted by atomic mass is 10.3. The largest absolute Gasteiger partial charge is 0.383 e. The predicted octanol–water partition coefficient (Wildman–Crippen LogP) is 1.50. The van der Waals surface area contributed by atoms with Gasteiger partial charge in [-0.15, -0.1) is 0 Å². The van der Waals surface area contributed by atoms with Gasteiger partial charge in [0.1, 0.15) is 5.82 Å². The van der Waals surface area contributed by atoms with E-state index in [0.717, 1.165) is 6.07 Å². The molecule has 0 aliphatic heterocycles. The molecule has 1 aromatic carbocycles. The summed E-state index contributed by atoms with van der Waals surface area (Å²) in [6, 6.07) is 1.69. The van der Waals surface area contributed by atoms with Gasteiger partial charge in [0.25, 0.3) is 0 Å². The van der Waals surface area contributed by atoms with E-state index < -0.39 is 11.6 Å². The Kier molecular flexibility index (Phi) is 5.76. The highest BCUT2D eigenvalue weighted by Gasteiger charge is 2.11. The Labute approximate surface area is 108 Å². The fourth-order valence-corrected chi connectivity index (χ4v) is 1.39. The Morgan fingerprint density at radius 3 is 2.78 bits per heavy atom. The summed E-state index contributed by atoms with van der Waals surface area (Å²) < 4.78 is 31.1. The van der Waals surface area contributed by atoms with Gasteiger partial charge in [0.15, 0.2) is 5.82 Å². The van der Waals surface area contributed by atoms with Crippen LogP contribution in [0.15, 0.2) is 17.1 Å². The zero-order valence-electron chi connectivity index (χ0n) is 9.64. The first-order valence-corrected chi connectivity index (χ1v) is 5.38. The highest BCUT2D eigenvalue weighted by molar-refractivity contribution is 6.33. The highest BCUT2D eigenvalue weighted by Crippen LogP contribution is 2.26. The van der Waals surface area contributed by atoms with Crippen molar-refractivity contribution in [1.29, 1.82) is 0 Å². The average molecular weight is 279 g/mol. The monoisotopic (exact) mass is 278 g/mol. The number of hydrogen-bond donors (Lipinski definition) is 3. The van der Waals surface area contributed by atoms with Crippen LogP contribution in [0.1, 0.15) is 0 Å². The third-order valence-corrected chi connectivity index (χ3v) is 2.25. The number of anilines is 1. The molecule has 8 heteroatoms. The van der Waals surface area contributed by atoms with E-state index in [1.807, 2.05) is 0 Å². The molecule has 0 aromatic heterocycles. The van der Waals surface area contributed by atoms with Gasteiger partial charge in [-0.05, 0) is 6.07 Å². The van der Waals surface area contributed by atoms with Crippen LogP contribution in [0.5, 0.6) is 0 Å². The lowest BCUT2D eigenvalue weighted by Crippen LogP contribution is -2.37. The molecule has 0 saturated carbocycles. The number of nitrogens with zero attached hydrogens (tertiary/aromatic N) is 1. The van der Waals surface area contributed by atoms with Crippen LogP contribution in [0.25, 0.3) is 0 Å². The van der Waals surface area contributed by atoms with Gasteiger partial charge >= 0.3 is 0 Å². The van der Waals surface area contributed by atoms with Gasteiger partial charge in [0, 0.05) is 13.2 Å². The third kappa shape index (κ3) is 4.10. The Morgan fingerprint density at radius 2 is 2.22 bits per heavy atom. The van der Waals surface area contributed by atoms with Gasteiger partial charge in [-0.25, -0.2) is 19.6 Å². The Bertz CT molecular complexity index is 419. The molecule has 0 heterocycles. The Hall–Kier alpha value is -1.44. The number of guanidine groups is 1. The maximum atomic E-state index is 13.5. The second-order valence-corrected chi connectivity index (χ2v) is 3.64. The molecular formula is C10H13ClF2N4O. The normalized spacial score (nSPS) is 11.5. The molecule has 18 heavy (non-hydrogen) atoms. The van der Waals surface area contributed by atoms with E-state index in [4.69, 9.17) is 22.2 Å². The van der Waals surface area contributed by atoms with E-state index in [2.05, 4.69) is 15.7 Å². The summed E-state index contributed by atoms with van der Waals surface area (Å²) in [5, 5.41) is 2.43. The van der Waals surface area contributed by atoms with Crippen molar-refractivity contribution < 1.29 is 13.5 Å². The lowest BCUT2D eigenvalue weighted by Gasteiger charge is -2.11. The summed E-state index contributed by atoms with van der Waals surface area (Å²) in [6.45, 7) is 0.704. The topological polar surface area (TPSA) is 71.7 Å². The first kappa shape index (κ1) is 14.6. The standard InChI is InChI=1S/C10H13ClF2N4O/c1-18-3-2-15-10(17-14)16-9-7(11)4-6(12)5-8(9)13/h4-5H,2-3,14H2,1H3,(H2,15,16,17). The highest BCUT2D eigenvalue weighted by atomic mass is 35.5. The van der Waals surface area contributed by atoms with Crippen LogP contribution in [0, 0.1) is 11.6 Å². The molecule has 0 aliphatic carbocycles. The molecule has 0 bridgehead atoms. The zero-order chi connectivity index (χ0) is 13.5. The molecule has 1 rings (SSSR count). The third-order valence-electron chi connectivity index (χ3n) is 1.95. The number of nitrogens with one attached hydrogen (secondary N) is 2. The number of rotatable bonds is 4. The number of aliphatic imine (C=N–C) groups is 1. The fourth-order valence-electron chi connectivity index (χ4n) is 1.15. The van der Waals surface area contributed by atoms with Crippen molar-refractivity contribution in [2.75, 3.05) is 25.6 Å². The molecule has 100 valence electrons. The van der Waals surface area contributed by atoms with Crippen molar-refractivity contribution in [3.05, 3.63) is 28.8 Å². The molecule has 0 radical (unpaired) electrons. The van der Waals surface area contributed by atoms with E-state index in [9.17, 15) is 8.78 Å². The minimum atomic E-state index is -0.838. The smallest absolute Gasteiger partial charge is 0.210 e. The van der Waals surface area contributed by atoms with Crippen molar-refractivity contribution in [3.8, 4) is 0 Å². The fraction of sp³-hybridized carbons (Fsp3) is 0.300. The minimum Gasteiger partial charge on any atom is -0.383 e. The summed E-state index contributed by atoms with van der Waals surface area (Å²) in [5.74, 6) is 3.71. The molecule has 5 nitrogen and oxygen atoms in total. The van der Waals surface area contributed by atoms with E-state index in [1.165, 1.54) is 7.11 Å². The Morgan fingerprint density at radius 1 is 1.50 bits per heavy atom. The maximum Gasteiger partial charge on any atom is 0.210 e.